The fourth-order valence-electron chi connectivity index (χ4n) is 3.84. The highest BCUT2D eigenvalue weighted by atomic mass is 16.5. The van der Waals surface area contributed by atoms with Crippen LogP contribution in [0, 0.1) is 0 Å². The summed E-state index contributed by atoms with van der Waals surface area (Å²) in [5, 5.41) is 1.10. The third-order valence-corrected chi connectivity index (χ3v) is 5.66. The summed E-state index contributed by atoms with van der Waals surface area (Å²) >= 11 is 0. The molecule has 172 valence electrons. The van der Waals surface area contributed by atoms with Gasteiger partial charge >= 0.3 is 0 Å². The van der Waals surface area contributed by atoms with Gasteiger partial charge in [-0.05, 0) is 65.7 Å². The van der Waals surface area contributed by atoms with Crippen LogP contribution in [0.3, 0.4) is 0 Å². The molecule has 0 fully saturated rings. The lowest BCUT2D eigenvalue weighted by atomic mass is 10.1. The number of rotatable bonds is 8. The van der Waals surface area contributed by atoms with Crippen molar-refractivity contribution in [2.45, 2.75) is 19.6 Å². The summed E-state index contributed by atoms with van der Waals surface area (Å²) in [6.07, 6.45) is 7.19. The van der Waals surface area contributed by atoms with Crippen molar-refractivity contribution in [3.63, 3.8) is 0 Å². The third kappa shape index (κ3) is 5.68. The van der Waals surface area contributed by atoms with Gasteiger partial charge in [0.1, 0.15) is 12.4 Å². The maximum absolute atomic E-state index is 13.3. The molecule has 0 N–H and O–H groups in total. The molecule has 0 aliphatic heterocycles. The van der Waals surface area contributed by atoms with Crippen LogP contribution in [0.1, 0.15) is 16.8 Å². The van der Waals surface area contributed by atoms with Crippen molar-refractivity contribution in [3.05, 3.63) is 127 Å². The average Bonchev–Trinajstić information content (AvgIpc) is 2.92. The highest BCUT2D eigenvalue weighted by molar-refractivity contribution is 5.94. The molecule has 2 aromatic carbocycles. The van der Waals surface area contributed by atoms with Crippen molar-refractivity contribution in [2.24, 2.45) is 0 Å². The zero-order valence-electron chi connectivity index (χ0n) is 19.1. The molecule has 0 saturated heterocycles. The van der Waals surface area contributed by atoms with Crippen LogP contribution in [0.15, 0.2) is 110 Å². The number of benzene rings is 2. The number of fused-ring (bicyclic) bond motifs is 1. The van der Waals surface area contributed by atoms with Crippen molar-refractivity contribution in [3.8, 4) is 5.75 Å². The number of para-hydroxylation sites is 1. The van der Waals surface area contributed by atoms with Gasteiger partial charge in [-0.15, -0.1) is 0 Å². The quantitative estimate of drug-likeness (QED) is 0.311. The Labute approximate surface area is 203 Å². The monoisotopic (exact) mass is 460 g/mol. The van der Waals surface area contributed by atoms with Gasteiger partial charge in [0, 0.05) is 35.9 Å². The van der Waals surface area contributed by atoms with Gasteiger partial charge < -0.3 is 9.64 Å². The average molecular weight is 461 g/mol. The number of aromatic nitrogens is 3. The third-order valence-electron chi connectivity index (χ3n) is 5.66. The molecule has 0 unspecified atom stereocenters. The van der Waals surface area contributed by atoms with Gasteiger partial charge in [-0.2, -0.15) is 0 Å². The molecule has 5 rings (SSSR count). The fraction of sp³-hybridized carbons (Fsp3) is 0.103. The Morgan fingerprint density at radius 2 is 1.60 bits per heavy atom. The minimum absolute atomic E-state index is 0.00548. The van der Waals surface area contributed by atoms with Gasteiger partial charge in [0.05, 0.1) is 24.2 Å². The predicted molar refractivity (Wildman–Crippen MR) is 136 cm³/mol. The predicted octanol–water partition coefficient (Wildman–Crippen LogP) is 5.38. The molecular formula is C29H24N4O2. The van der Waals surface area contributed by atoms with Crippen molar-refractivity contribution >= 4 is 22.5 Å². The zero-order chi connectivity index (χ0) is 23.9. The van der Waals surface area contributed by atoms with E-state index in [9.17, 15) is 4.79 Å². The van der Waals surface area contributed by atoms with Gasteiger partial charge in [0.15, 0.2) is 0 Å². The van der Waals surface area contributed by atoms with Gasteiger partial charge in [0.2, 0.25) is 5.91 Å². The number of ether oxygens (including phenoxy) is 1. The van der Waals surface area contributed by atoms with Crippen molar-refractivity contribution in [1.82, 2.24) is 15.0 Å². The molecule has 1 amide bonds. The second-order valence-corrected chi connectivity index (χ2v) is 8.15. The maximum Gasteiger partial charge on any atom is 0.231 e. The van der Waals surface area contributed by atoms with Gasteiger partial charge in [-0.1, -0.05) is 30.3 Å². The summed E-state index contributed by atoms with van der Waals surface area (Å²) in [6, 6.07) is 27.2. The Kier molecular flexibility index (Phi) is 6.71. The summed E-state index contributed by atoms with van der Waals surface area (Å²) in [4.78, 5) is 27.9. The fourth-order valence-corrected chi connectivity index (χ4v) is 3.84. The second-order valence-electron chi connectivity index (χ2n) is 8.15. The van der Waals surface area contributed by atoms with E-state index in [1.807, 2.05) is 78.9 Å². The molecule has 6 heteroatoms. The summed E-state index contributed by atoms with van der Waals surface area (Å²) < 4.78 is 5.97. The van der Waals surface area contributed by atoms with Crippen molar-refractivity contribution in [2.75, 3.05) is 4.90 Å². The van der Waals surface area contributed by atoms with Crippen LogP contribution in [0.2, 0.25) is 0 Å². The summed E-state index contributed by atoms with van der Waals surface area (Å²) in [7, 11) is 0. The lowest BCUT2D eigenvalue weighted by Crippen LogP contribution is -2.31. The van der Waals surface area contributed by atoms with E-state index in [4.69, 9.17) is 4.74 Å². The molecule has 0 atom stereocenters. The van der Waals surface area contributed by atoms with Crippen LogP contribution < -0.4 is 9.64 Å². The van der Waals surface area contributed by atoms with Gasteiger partial charge in [-0.3, -0.25) is 14.8 Å². The zero-order valence-corrected chi connectivity index (χ0v) is 19.1. The van der Waals surface area contributed by atoms with Gasteiger partial charge in [0.25, 0.3) is 0 Å². The number of nitrogens with zero attached hydrogens (tertiary/aromatic N) is 4. The van der Waals surface area contributed by atoms with Crippen molar-refractivity contribution in [1.29, 1.82) is 0 Å². The molecule has 35 heavy (non-hydrogen) atoms. The number of hydrogen-bond donors (Lipinski definition) is 0. The first-order valence-electron chi connectivity index (χ1n) is 11.4. The number of pyridine rings is 3. The van der Waals surface area contributed by atoms with Crippen LogP contribution >= 0.6 is 0 Å². The molecule has 0 bridgehead atoms. The topological polar surface area (TPSA) is 68.2 Å². The van der Waals surface area contributed by atoms with Crippen LogP contribution in [-0.2, 0) is 24.4 Å². The molecule has 0 aliphatic carbocycles. The summed E-state index contributed by atoms with van der Waals surface area (Å²) in [5.74, 6) is 0.709. The molecular weight excluding hydrogens is 436 g/mol. The Balaban J connectivity index is 1.31. The summed E-state index contributed by atoms with van der Waals surface area (Å²) in [6.45, 7) is 0.795. The molecule has 3 heterocycles. The highest BCUT2D eigenvalue weighted by Crippen LogP contribution is 2.23. The van der Waals surface area contributed by atoms with E-state index in [1.165, 1.54) is 0 Å². The number of amides is 1. The number of anilines is 1. The largest absolute Gasteiger partial charge is 0.487 e. The van der Waals surface area contributed by atoms with Gasteiger partial charge in [-0.25, -0.2) is 4.98 Å². The normalized spacial score (nSPS) is 10.7. The number of hydrogen-bond acceptors (Lipinski definition) is 5. The first kappa shape index (κ1) is 22.2. The van der Waals surface area contributed by atoms with E-state index >= 15 is 0 Å². The van der Waals surface area contributed by atoms with Crippen LogP contribution in [0.4, 0.5) is 5.69 Å². The SMILES string of the molecule is O=C(Cc1ccncc1)N(Cc1cccnc1)c1ccc(OCc2ccc3ccccc3n2)cc1. The Bertz CT molecular complexity index is 1410. The first-order valence-corrected chi connectivity index (χ1v) is 11.4. The molecule has 6 nitrogen and oxygen atoms in total. The van der Waals surface area contributed by atoms with E-state index in [-0.39, 0.29) is 12.3 Å². The molecule has 0 radical (unpaired) electrons. The minimum Gasteiger partial charge on any atom is -0.487 e. The second kappa shape index (κ2) is 10.6. The van der Waals surface area contributed by atoms with Crippen molar-refractivity contribution < 1.29 is 9.53 Å². The van der Waals surface area contributed by atoms with E-state index < -0.39 is 0 Å². The van der Waals surface area contributed by atoms with E-state index in [0.29, 0.717) is 18.9 Å². The molecule has 0 saturated carbocycles. The van der Waals surface area contributed by atoms with E-state index in [1.54, 1.807) is 29.7 Å². The molecule has 0 aliphatic rings. The van der Waals surface area contributed by atoms with E-state index in [2.05, 4.69) is 21.0 Å². The lowest BCUT2D eigenvalue weighted by molar-refractivity contribution is -0.118. The minimum atomic E-state index is -0.00548. The van der Waals surface area contributed by atoms with Crippen LogP contribution in [0.25, 0.3) is 10.9 Å². The lowest BCUT2D eigenvalue weighted by Gasteiger charge is -2.23. The first-order chi connectivity index (χ1) is 17.2. The molecule has 5 aromatic rings. The number of carbonyl (C=O) groups excluding carboxylic acids is 1. The summed E-state index contributed by atoms with van der Waals surface area (Å²) in [5.41, 5.74) is 4.48. The molecule has 3 aromatic heterocycles. The standard InChI is InChI=1S/C29H24N4O2/c34-29(18-22-13-16-30-17-14-22)33(20-23-4-3-15-31-19-23)26-9-11-27(12-10-26)35-21-25-8-7-24-5-1-2-6-28(24)32-25/h1-17,19H,18,20-21H2. The van der Waals surface area contributed by atoms with Crippen LogP contribution in [-0.4, -0.2) is 20.9 Å². The molecule has 0 spiro atoms. The Morgan fingerprint density at radius 1 is 0.771 bits per heavy atom. The Morgan fingerprint density at radius 3 is 2.40 bits per heavy atom. The number of carbonyl (C=O) groups is 1. The van der Waals surface area contributed by atoms with Crippen LogP contribution in [0.5, 0.6) is 5.75 Å². The maximum atomic E-state index is 13.3. The highest BCUT2D eigenvalue weighted by Gasteiger charge is 2.17. The Hall–Kier alpha value is -4.58. The smallest absolute Gasteiger partial charge is 0.231 e. The van der Waals surface area contributed by atoms with E-state index in [0.717, 1.165) is 33.4 Å².